The van der Waals surface area contributed by atoms with Crippen molar-refractivity contribution in [2.75, 3.05) is 23.1 Å². The Morgan fingerprint density at radius 2 is 1.93 bits per heavy atom. The molecule has 0 atom stereocenters. The van der Waals surface area contributed by atoms with E-state index in [2.05, 4.69) is 5.32 Å². The molecular weight excluding hydrogens is 378 g/mol. The lowest BCUT2D eigenvalue weighted by atomic mass is 10.2. The van der Waals surface area contributed by atoms with Gasteiger partial charge < -0.3 is 15.8 Å². The van der Waals surface area contributed by atoms with Gasteiger partial charge in [0.25, 0.3) is 11.6 Å². The van der Waals surface area contributed by atoms with Crippen molar-refractivity contribution in [3.8, 4) is 11.8 Å². The summed E-state index contributed by atoms with van der Waals surface area (Å²) < 4.78 is 5.11. The third-order valence-corrected chi connectivity index (χ3v) is 3.79. The number of anilines is 3. The third kappa shape index (κ3) is 4.86. The van der Waals surface area contributed by atoms with E-state index < -0.39 is 22.3 Å². The van der Waals surface area contributed by atoms with Gasteiger partial charge in [-0.05, 0) is 30.3 Å². The van der Waals surface area contributed by atoms with Gasteiger partial charge in [-0.15, -0.1) is 0 Å². The monoisotopic (exact) mass is 395 g/mol. The number of ether oxygens (including phenoxy) is 1. The van der Waals surface area contributed by atoms with E-state index in [1.54, 1.807) is 6.07 Å². The average Bonchev–Trinajstić information content (AvgIpc) is 2.69. The topological polar surface area (TPSA) is 152 Å². The zero-order valence-electron chi connectivity index (χ0n) is 15.6. The molecular formula is C19H17N5O5. The zero-order valence-corrected chi connectivity index (χ0v) is 15.6. The number of rotatable bonds is 6. The Morgan fingerprint density at radius 1 is 1.28 bits per heavy atom. The van der Waals surface area contributed by atoms with Crippen LogP contribution in [0, 0.1) is 21.4 Å². The number of amides is 2. The molecule has 3 N–H and O–H groups in total. The van der Waals surface area contributed by atoms with Crippen LogP contribution in [0.1, 0.15) is 6.92 Å². The van der Waals surface area contributed by atoms with Crippen molar-refractivity contribution in [1.82, 2.24) is 0 Å². The minimum atomic E-state index is -0.873. The van der Waals surface area contributed by atoms with Crippen LogP contribution >= 0.6 is 0 Å². The van der Waals surface area contributed by atoms with Crippen LogP contribution in [-0.4, -0.2) is 23.8 Å². The predicted octanol–water partition coefficient (Wildman–Crippen LogP) is 2.58. The maximum absolute atomic E-state index is 12.8. The fourth-order valence-corrected chi connectivity index (χ4v) is 2.40. The van der Waals surface area contributed by atoms with Crippen LogP contribution in [0.25, 0.3) is 0 Å². The number of hydrogen-bond acceptors (Lipinski definition) is 8. The molecule has 0 aliphatic rings. The maximum Gasteiger partial charge on any atom is 0.277 e. The molecule has 148 valence electrons. The van der Waals surface area contributed by atoms with Crippen molar-refractivity contribution in [2.45, 2.75) is 6.92 Å². The number of nitrogens with one attached hydrogen (secondary N) is 1. The highest BCUT2D eigenvalue weighted by Gasteiger charge is 2.24. The first-order valence-corrected chi connectivity index (χ1v) is 8.18. The van der Waals surface area contributed by atoms with Gasteiger partial charge in [-0.3, -0.25) is 19.7 Å². The van der Waals surface area contributed by atoms with Gasteiger partial charge in [0.05, 0.1) is 23.4 Å². The molecule has 0 aliphatic heterocycles. The maximum atomic E-state index is 12.8. The summed E-state index contributed by atoms with van der Waals surface area (Å²) in [6.45, 7) is 1.18. The molecule has 0 spiro atoms. The number of nitro benzene ring substituents is 1. The van der Waals surface area contributed by atoms with Crippen molar-refractivity contribution in [1.29, 1.82) is 5.26 Å². The van der Waals surface area contributed by atoms with Crippen molar-refractivity contribution >= 4 is 34.6 Å². The number of imide groups is 1. The molecule has 0 heterocycles. The lowest BCUT2D eigenvalue weighted by molar-refractivity contribution is -0.384. The first kappa shape index (κ1) is 20.9. The van der Waals surface area contributed by atoms with Crippen LogP contribution in [0.4, 0.5) is 22.7 Å². The summed E-state index contributed by atoms with van der Waals surface area (Å²) in [5.74, 6) is -1.21. The number of carbonyl (C=O) groups is 2. The zero-order chi connectivity index (χ0) is 21.6. The van der Waals surface area contributed by atoms with Gasteiger partial charge in [0, 0.05) is 30.9 Å². The van der Waals surface area contributed by atoms with E-state index in [9.17, 15) is 25.0 Å². The van der Waals surface area contributed by atoms with Gasteiger partial charge in [-0.25, -0.2) is 4.90 Å². The summed E-state index contributed by atoms with van der Waals surface area (Å²) >= 11 is 0. The third-order valence-electron chi connectivity index (χ3n) is 3.79. The largest absolute Gasteiger partial charge is 0.495 e. The van der Waals surface area contributed by atoms with Gasteiger partial charge in [-0.2, -0.15) is 5.26 Å². The summed E-state index contributed by atoms with van der Waals surface area (Å²) in [6.07, 6.45) is 1.05. The van der Waals surface area contributed by atoms with Crippen molar-refractivity contribution in [3.05, 3.63) is 64.4 Å². The van der Waals surface area contributed by atoms with E-state index in [1.165, 1.54) is 56.5 Å². The minimum absolute atomic E-state index is 0.170. The molecule has 0 fully saturated rings. The molecule has 0 saturated carbocycles. The Bertz CT molecular complexity index is 1020. The van der Waals surface area contributed by atoms with Gasteiger partial charge in [0.15, 0.2) is 0 Å². The molecule has 0 aromatic heterocycles. The SMILES string of the molecule is COc1ccc([N+](=O)[O-])cc1N/C=C(/C#N)C(=O)N(C(C)=O)c1ccc(N)cc1. The molecule has 29 heavy (non-hydrogen) atoms. The molecule has 10 heteroatoms. The van der Waals surface area contributed by atoms with E-state index in [0.717, 1.165) is 11.1 Å². The number of hydrogen-bond donors (Lipinski definition) is 2. The summed E-state index contributed by atoms with van der Waals surface area (Å²) in [7, 11) is 1.37. The van der Waals surface area contributed by atoms with Gasteiger partial charge in [-0.1, -0.05) is 0 Å². The highest BCUT2D eigenvalue weighted by atomic mass is 16.6. The van der Waals surface area contributed by atoms with Crippen LogP contribution < -0.4 is 20.7 Å². The first-order chi connectivity index (χ1) is 13.8. The number of nitriles is 1. The number of non-ortho nitro benzene ring substituents is 1. The number of carbonyl (C=O) groups excluding carboxylic acids is 2. The van der Waals surface area contributed by atoms with Crippen molar-refractivity contribution in [3.63, 3.8) is 0 Å². The number of nitro groups is 1. The standard InChI is InChI=1S/C19H17N5O5/c1-12(25)23(15-5-3-14(21)4-6-15)19(26)13(10-20)11-22-17-9-16(24(27)28)7-8-18(17)29-2/h3-9,11,22H,21H2,1-2H3/b13-11-. The van der Waals surface area contributed by atoms with Gasteiger partial charge in [0.1, 0.15) is 17.4 Å². The fourth-order valence-electron chi connectivity index (χ4n) is 2.40. The van der Waals surface area contributed by atoms with E-state index >= 15 is 0 Å². The number of nitrogen functional groups attached to an aromatic ring is 1. The first-order valence-electron chi connectivity index (χ1n) is 8.18. The van der Waals surface area contributed by atoms with E-state index in [0.29, 0.717) is 5.69 Å². The molecule has 10 nitrogen and oxygen atoms in total. The smallest absolute Gasteiger partial charge is 0.277 e. The van der Waals surface area contributed by atoms with Gasteiger partial charge >= 0.3 is 0 Å². The van der Waals surface area contributed by atoms with Crippen LogP contribution in [0.2, 0.25) is 0 Å². The molecule has 0 saturated heterocycles. The Morgan fingerprint density at radius 3 is 2.45 bits per heavy atom. The normalized spacial score (nSPS) is 10.6. The quantitative estimate of drug-likeness (QED) is 0.249. The molecule has 2 aromatic carbocycles. The predicted molar refractivity (Wildman–Crippen MR) is 106 cm³/mol. The van der Waals surface area contributed by atoms with Crippen LogP contribution in [-0.2, 0) is 9.59 Å². The second-order valence-electron chi connectivity index (χ2n) is 5.71. The average molecular weight is 395 g/mol. The second kappa shape index (κ2) is 9.01. The van der Waals surface area contributed by atoms with E-state index in [-0.39, 0.29) is 22.8 Å². The Hall–Kier alpha value is -4.39. The molecule has 2 aromatic rings. The lowest BCUT2D eigenvalue weighted by Gasteiger charge is -2.19. The number of methoxy groups -OCH3 is 1. The Balaban J connectivity index is 2.38. The molecule has 2 amide bonds. The van der Waals surface area contributed by atoms with E-state index in [1.807, 2.05) is 0 Å². The minimum Gasteiger partial charge on any atom is -0.495 e. The highest BCUT2D eigenvalue weighted by molar-refractivity contribution is 6.21. The highest BCUT2D eigenvalue weighted by Crippen LogP contribution is 2.29. The summed E-state index contributed by atoms with van der Waals surface area (Å²) in [5, 5.41) is 23.0. The number of nitrogens with two attached hydrogens (primary N) is 1. The summed E-state index contributed by atoms with van der Waals surface area (Å²) in [5.41, 5.74) is 5.87. The summed E-state index contributed by atoms with van der Waals surface area (Å²) in [6, 6.07) is 11.5. The van der Waals surface area contributed by atoms with Crippen LogP contribution in [0.15, 0.2) is 54.2 Å². The number of nitrogens with zero attached hydrogens (tertiary/aromatic N) is 3. The van der Waals surface area contributed by atoms with E-state index in [4.69, 9.17) is 10.5 Å². The van der Waals surface area contributed by atoms with Crippen LogP contribution in [0.5, 0.6) is 5.75 Å². The van der Waals surface area contributed by atoms with Gasteiger partial charge in [0.2, 0.25) is 5.91 Å². The molecule has 0 unspecified atom stereocenters. The molecule has 0 aliphatic carbocycles. The second-order valence-corrected chi connectivity index (χ2v) is 5.71. The Labute approximate surface area is 165 Å². The number of benzene rings is 2. The van der Waals surface area contributed by atoms with Crippen molar-refractivity contribution in [2.24, 2.45) is 0 Å². The molecule has 0 radical (unpaired) electrons. The van der Waals surface area contributed by atoms with Crippen molar-refractivity contribution < 1.29 is 19.2 Å². The molecule has 0 bridgehead atoms. The lowest BCUT2D eigenvalue weighted by Crippen LogP contribution is -2.36. The molecule has 2 rings (SSSR count). The Kier molecular flexibility index (Phi) is 6.50. The fraction of sp³-hybridized carbons (Fsp3) is 0.105. The van der Waals surface area contributed by atoms with Crippen LogP contribution in [0.3, 0.4) is 0 Å². The summed E-state index contributed by atoms with van der Waals surface area (Å²) in [4.78, 5) is 36.0.